The third kappa shape index (κ3) is 2.50. The summed E-state index contributed by atoms with van der Waals surface area (Å²) < 4.78 is 5.59. The first-order valence-electron chi connectivity index (χ1n) is 7.10. The van der Waals surface area contributed by atoms with Gasteiger partial charge >= 0.3 is 0 Å². The van der Waals surface area contributed by atoms with Crippen LogP contribution in [0, 0.1) is 11.3 Å². The number of amides is 1. The minimum Gasteiger partial charge on any atom is -0.381 e. The molecule has 1 N–H and O–H groups in total. The maximum Gasteiger partial charge on any atom is 0.228 e. The molecule has 2 aliphatic rings. The predicted octanol–water partition coefficient (Wildman–Crippen LogP) is 1.68. The van der Waals surface area contributed by atoms with E-state index in [-0.39, 0.29) is 23.7 Å². The van der Waals surface area contributed by atoms with Crippen molar-refractivity contribution in [2.45, 2.75) is 45.3 Å². The van der Waals surface area contributed by atoms with Crippen molar-refractivity contribution in [2.24, 2.45) is 11.3 Å². The smallest absolute Gasteiger partial charge is 0.228 e. The first-order valence-corrected chi connectivity index (χ1v) is 7.10. The summed E-state index contributed by atoms with van der Waals surface area (Å²) in [5.74, 6) is 0.502. The number of halogens is 1. The first-order chi connectivity index (χ1) is 8.60. The van der Waals surface area contributed by atoms with Gasteiger partial charge in [0.2, 0.25) is 5.91 Å². The number of ether oxygens (including phenoxy) is 1. The molecule has 0 aromatic heterocycles. The highest BCUT2D eigenvalue weighted by molar-refractivity contribution is 5.85. The van der Waals surface area contributed by atoms with E-state index < -0.39 is 0 Å². The summed E-state index contributed by atoms with van der Waals surface area (Å²) in [4.78, 5) is 14.3. The molecular weight excluding hydrogens is 264 g/mol. The van der Waals surface area contributed by atoms with Crippen LogP contribution in [0.15, 0.2) is 0 Å². The van der Waals surface area contributed by atoms with Crippen LogP contribution >= 0.6 is 12.4 Å². The average Bonchev–Trinajstić information content (AvgIpc) is 2.27. The third-order valence-corrected chi connectivity index (χ3v) is 5.29. The lowest BCUT2D eigenvalue weighted by Crippen LogP contribution is -2.66. The molecule has 0 aromatic rings. The summed E-state index contributed by atoms with van der Waals surface area (Å²) in [5, 5.41) is 3.17. The molecule has 0 spiro atoms. The van der Waals surface area contributed by atoms with Crippen molar-refractivity contribution in [1.29, 1.82) is 0 Å². The van der Waals surface area contributed by atoms with Crippen molar-refractivity contribution in [3.63, 3.8) is 0 Å². The molecule has 19 heavy (non-hydrogen) atoms. The topological polar surface area (TPSA) is 41.6 Å². The molecule has 2 rings (SSSR count). The van der Waals surface area contributed by atoms with Gasteiger partial charge < -0.3 is 15.0 Å². The molecule has 1 heterocycles. The van der Waals surface area contributed by atoms with Crippen LogP contribution in [-0.4, -0.2) is 50.2 Å². The summed E-state index contributed by atoms with van der Waals surface area (Å²) in [7, 11) is 3.76. The van der Waals surface area contributed by atoms with Crippen LogP contribution in [0.5, 0.6) is 0 Å². The summed E-state index contributed by atoms with van der Waals surface area (Å²) >= 11 is 0. The number of nitrogens with zero attached hydrogens (tertiary/aromatic N) is 1. The van der Waals surface area contributed by atoms with E-state index in [0.29, 0.717) is 18.1 Å². The molecule has 2 atom stereocenters. The van der Waals surface area contributed by atoms with Crippen LogP contribution in [0.1, 0.15) is 33.1 Å². The molecule has 2 unspecified atom stereocenters. The zero-order valence-corrected chi connectivity index (χ0v) is 13.3. The van der Waals surface area contributed by atoms with Gasteiger partial charge in [-0.05, 0) is 19.3 Å². The zero-order valence-electron chi connectivity index (χ0n) is 12.4. The minimum atomic E-state index is 0. The van der Waals surface area contributed by atoms with Gasteiger partial charge in [-0.1, -0.05) is 13.8 Å². The van der Waals surface area contributed by atoms with E-state index in [1.807, 2.05) is 11.9 Å². The molecule has 0 radical (unpaired) electrons. The number of hydrogen-bond acceptors (Lipinski definition) is 3. The fraction of sp³-hybridized carbons (Fsp3) is 0.929. The molecule has 2 fully saturated rings. The highest BCUT2D eigenvalue weighted by Gasteiger charge is 2.56. The fourth-order valence-electron chi connectivity index (χ4n) is 3.68. The molecule has 5 heteroatoms. The van der Waals surface area contributed by atoms with Crippen LogP contribution in [-0.2, 0) is 9.53 Å². The van der Waals surface area contributed by atoms with Gasteiger partial charge in [0.25, 0.3) is 0 Å². The largest absolute Gasteiger partial charge is 0.381 e. The number of rotatable bonds is 5. The van der Waals surface area contributed by atoms with E-state index in [0.717, 1.165) is 32.4 Å². The monoisotopic (exact) mass is 290 g/mol. The highest BCUT2D eigenvalue weighted by Crippen LogP contribution is 2.51. The van der Waals surface area contributed by atoms with Gasteiger partial charge in [-0.15, -0.1) is 12.4 Å². The number of methoxy groups -OCH3 is 1. The molecular formula is C14H27ClN2O2. The Hall–Kier alpha value is -0.320. The molecule has 1 aliphatic heterocycles. The van der Waals surface area contributed by atoms with Gasteiger partial charge in [-0.2, -0.15) is 0 Å². The lowest BCUT2D eigenvalue weighted by atomic mass is 9.58. The quantitative estimate of drug-likeness (QED) is 0.838. The van der Waals surface area contributed by atoms with E-state index in [2.05, 4.69) is 19.2 Å². The first kappa shape index (κ1) is 16.7. The van der Waals surface area contributed by atoms with Crippen molar-refractivity contribution < 1.29 is 9.53 Å². The summed E-state index contributed by atoms with van der Waals surface area (Å²) in [5.41, 5.74) is 0.163. The average molecular weight is 291 g/mol. The van der Waals surface area contributed by atoms with Crippen molar-refractivity contribution in [3.8, 4) is 0 Å². The van der Waals surface area contributed by atoms with Crippen LogP contribution in [0.3, 0.4) is 0 Å². The van der Waals surface area contributed by atoms with Crippen LogP contribution in [0.4, 0.5) is 0 Å². The van der Waals surface area contributed by atoms with Gasteiger partial charge in [-0.3, -0.25) is 4.79 Å². The minimum absolute atomic E-state index is 0. The number of nitrogens with one attached hydrogen (secondary N) is 1. The van der Waals surface area contributed by atoms with E-state index in [1.165, 1.54) is 0 Å². The molecule has 0 aromatic carbocycles. The lowest BCUT2D eigenvalue weighted by Gasteiger charge is -2.58. The standard InChI is InChI=1S/C14H26N2O2.ClH/c1-5-14(6-2)11(7-12(14)18-4)16(3)13(17)10-8-15-9-10;/h10-12,15H,5-9H2,1-4H3;1H. The third-order valence-electron chi connectivity index (χ3n) is 5.29. The number of carbonyl (C=O) groups is 1. The second-order valence-corrected chi connectivity index (χ2v) is 5.72. The Labute approximate surface area is 122 Å². The van der Waals surface area contributed by atoms with Gasteiger partial charge in [0.1, 0.15) is 0 Å². The summed E-state index contributed by atoms with van der Waals surface area (Å²) in [6, 6.07) is 0.352. The van der Waals surface area contributed by atoms with E-state index >= 15 is 0 Å². The SMILES string of the molecule is CCC1(CC)C(OC)CC1N(C)C(=O)C1CNC1.Cl. The molecule has 1 saturated carbocycles. The van der Waals surface area contributed by atoms with Crippen molar-refractivity contribution in [3.05, 3.63) is 0 Å². The van der Waals surface area contributed by atoms with Crippen LogP contribution in [0.2, 0.25) is 0 Å². The summed E-state index contributed by atoms with van der Waals surface area (Å²) in [6.07, 6.45) is 3.45. The van der Waals surface area contributed by atoms with Crippen molar-refractivity contribution in [2.75, 3.05) is 27.2 Å². The fourth-order valence-corrected chi connectivity index (χ4v) is 3.68. The molecule has 0 bridgehead atoms. The van der Waals surface area contributed by atoms with Crippen LogP contribution in [0.25, 0.3) is 0 Å². The second kappa shape index (κ2) is 6.42. The number of hydrogen-bond donors (Lipinski definition) is 1. The molecule has 4 nitrogen and oxygen atoms in total. The van der Waals surface area contributed by atoms with Gasteiger partial charge in [0, 0.05) is 38.7 Å². The summed E-state index contributed by atoms with van der Waals surface area (Å²) in [6.45, 7) is 6.11. The van der Waals surface area contributed by atoms with Gasteiger partial charge in [0.15, 0.2) is 0 Å². The predicted molar refractivity (Wildman–Crippen MR) is 78.6 cm³/mol. The Bertz CT molecular complexity index is 317. The maximum atomic E-state index is 12.3. The normalized spacial score (nSPS) is 28.8. The van der Waals surface area contributed by atoms with E-state index in [9.17, 15) is 4.79 Å². The molecule has 1 amide bonds. The Morgan fingerprint density at radius 2 is 1.95 bits per heavy atom. The Kier molecular flexibility index (Phi) is 5.65. The lowest BCUT2D eigenvalue weighted by molar-refractivity contribution is -0.173. The molecule has 112 valence electrons. The Balaban J connectivity index is 0.00000180. The van der Waals surface area contributed by atoms with E-state index in [1.54, 1.807) is 7.11 Å². The highest BCUT2D eigenvalue weighted by atomic mass is 35.5. The van der Waals surface area contributed by atoms with Crippen molar-refractivity contribution in [1.82, 2.24) is 10.2 Å². The maximum absolute atomic E-state index is 12.3. The van der Waals surface area contributed by atoms with E-state index in [4.69, 9.17) is 4.74 Å². The second-order valence-electron chi connectivity index (χ2n) is 5.72. The Morgan fingerprint density at radius 1 is 1.37 bits per heavy atom. The van der Waals surface area contributed by atoms with Gasteiger partial charge in [0.05, 0.1) is 12.0 Å². The number of carbonyl (C=O) groups excluding carboxylic acids is 1. The van der Waals surface area contributed by atoms with Gasteiger partial charge in [-0.25, -0.2) is 0 Å². The molecule has 1 saturated heterocycles. The molecule has 1 aliphatic carbocycles. The zero-order chi connectivity index (χ0) is 13.3. The Morgan fingerprint density at radius 3 is 2.32 bits per heavy atom. The van der Waals surface area contributed by atoms with Crippen LogP contribution < -0.4 is 5.32 Å². The van der Waals surface area contributed by atoms with Crippen molar-refractivity contribution >= 4 is 18.3 Å².